The van der Waals surface area contributed by atoms with Gasteiger partial charge < -0.3 is 10.1 Å². The minimum atomic E-state index is -3.90. The van der Waals surface area contributed by atoms with Crippen molar-refractivity contribution < 1.29 is 22.3 Å². The lowest BCUT2D eigenvalue weighted by Crippen LogP contribution is -2.41. The Balaban J connectivity index is 2.14. The summed E-state index contributed by atoms with van der Waals surface area (Å²) in [5.74, 6) is -0.517. The molecule has 0 spiro atoms. The van der Waals surface area contributed by atoms with Crippen molar-refractivity contribution in [2.24, 2.45) is 0 Å². The molecule has 0 bridgehead atoms. The Labute approximate surface area is 152 Å². The van der Waals surface area contributed by atoms with Gasteiger partial charge in [-0.15, -0.1) is 0 Å². The number of methoxy groups -OCH3 is 1. The molecule has 2 N–H and O–H groups in total. The second kappa shape index (κ2) is 7.84. The molecule has 0 aliphatic heterocycles. The summed E-state index contributed by atoms with van der Waals surface area (Å²) < 4.78 is 45.7. The largest absolute Gasteiger partial charge is 0.496 e. The number of carbonyl (C=O) groups excluding carboxylic acids is 1. The van der Waals surface area contributed by atoms with E-state index in [1.165, 1.54) is 44.4 Å². The zero-order valence-electron chi connectivity index (χ0n) is 15.0. The molecule has 0 aliphatic carbocycles. The minimum Gasteiger partial charge on any atom is -0.496 e. The van der Waals surface area contributed by atoms with Gasteiger partial charge >= 0.3 is 0 Å². The molecule has 0 radical (unpaired) electrons. The van der Waals surface area contributed by atoms with Gasteiger partial charge in [-0.3, -0.25) is 4.79 Å². The van der Waals surface area contributed by atoms with Crippen LogP contribution >= 0.6 is 0 Å². The number of hydrogen-bond donors (Lipinski definition) is 2. The van der Waals surface area contributed by atoms with Crippen LogP contribution in [0.1, 0.15) is 18.1 Å². The van der Waals surface area contributed by atoms with Gasteiger partial charge in [-0.2, -0.15) is 4.72 Å². The average molecular weight is 380 g/mol. The van der Waals surface area contributed by atoms with E-state index in [2.05, 4.69) is 10.0 Å². The highest BCUT2D eigenvalue weighted by atomic mass is 32.2. The summed E-state index contributed by atoms with van der Waals surface area (Å²) in [6, 6.07) is 7.35. The maximum Gasteiger partial charge on any atom is 0.242 e. The van der Waals surface area contributed by atoms with Crippen LogP contribution in [0.25, 0.3) is 0 Å². The first kappa shape index (κ1) is 19.9. The SMILES string of the molecule is COc1ccc(S(=O)(=O)N[C@H](C)C(=O)Nc2cc(F)ccc2C)cc1C. The Morgan fingerprint density at radius 1 is 1.12 bits per heavy atom. The van der Waals surface area contributed by atoms with Crippen molar-refractivity contribution in [2.45, 2.75) is 31.7 Å². The smallest absolute Gasteiger partial charge is 0.242 e. The van der Waals surface area contributed by atoms with Crippen molar-refractivity contribution in [3.8, 4) is 5.75 Å². The van der Waals surface area contributed by atoms with E-state index in [0.717, 1.165) is 0 Å². The number of aryl methyl sites for hydroxylation is 2. The van der Waals surface area contributed by atoms with Gasteiger partial charge in [0.2, 0.25) is 15.9 Å². The molecule has 2 rings (SSSR count). The van der Waals surface area contributed by atoms with Crippen LogP contribution in [0.15, 0.2) is 41.3 Å². The first-order valence-electron chi connectivity index (χ1n) is 7.88. The number of carbonyl (C=O) groups is 1. The quantitative estimate of drug-likeness (QED) is 0.807. The monoisotopic (exact) mass is 380 g/mol. The molecule has 0 aliphatic rings. The number of hydrogen-bond acceptors (Lipinski definition) is 4. The number of nitrogens with one attached hydrogen (secondary N) is 2. The standard InChI is InChI=1S/C18H21FN2O4S/c1-11-5-6-14(19)10-16(11)20-18(22)13(3)21-26(23,24)15-7-8-17(25-4)12(2)9-15/h5-10,13,21H,1-4H3,(H,20,22)/t13-/m1/s1. The third-order valence-corrected chi connectivity index (χ3v) is 5.40. The van der Waals surface area contributed by atoms with Gasteiger partial charge in [0.15, 0.2) is 0 Å². The first-order valence-corrected chi connectivity index (χ1v) is 9.36. The van der Waals surface area contributed by atoms with Crippen molar-refractivity contribution >= 4 is 21.6 Å². The summed E-state index contributed by atoms with van der Waals surface area (Å²) in [6.07, 6.45) is 0. The van der Waals surface area contributed by atoms with E-state index < -0.39 is 27.8 Å². The van der Waals surface area contributed by atoms with Crippen LogP contribution < -0.4 is 14.8 Å². The molecule has 140 valence electrons. The molecule has 1 amide bonds. The van der Waals surface area contributed by atoms with Crippen LogP contribution in [0.2, 0.25) is 0 Å². The summed E-state index contributed by atoms with van der Waals surface area (Å²) in [5, 5.41) is 2.53. The first-order chi connectivity index (χ1) is 12.1. The van der Waals surface area contributed by atoms with Crippen LogP contribution in [0.3, 0.4) is 0 Å². The number of sulfonamides is 1. The molecule has 26 heavy (non-hydrogen) atoms. The summed E-state index contributed by atoms with van der Waals surface area (Å²) in [7, 11) is -2.41. The van der Waals surface area contributed by atoms with Crippen molar-refractivity contribution in [3.05, 3.63) is 53.3 Å². The zero-order chi connectivity index (χ0) is 19.5. The molecule has 0 saturated heterocycles. The summed E-state index contributed by atoms with van der Waals surface area (Å²) in [5.41, 5.74) is 1.62. The Morgan fingerprint density at radius 2 is 1.81 bits per heavy atom. The van der Waals surface area contributed by atoms with Gasteiger partial charge in [0.25, 0.3) is 0 Å². The highest BCUT2D eigenvalue weighted by Gasteiger charge is 2.23. The number of anilines is 1. The van der Waals surface area contributed by atoms with Crippen LogP contribution in [0, 0.1) is 19.7 Å². The fraction of sp³-hybridized carbons (Fsp3) is 0.278. The Kier molecular flexibility index (Phi) is 5.99. The molecule has 0 aromatic heterocycles. The van der Waals surface area contributed by atoms with Crippen LogP contribution in [0.4, 0.5) is 10.1 Å². The van der Waals surface area contributed by atoms with Gasteiger partial charge in [0.1, 0.15) is 11.6 Å². The number of ether oxygens (including phenoxy) is 1. The molecular weight excluding hydrogens is 359 g/mol. The van der Waals surface area contributed by atoms with Crippen molar-refractivity contribution in [1.82, 2.24) is 4.72 Å². The second-order valence-electron chi connectivity index (χ2n) is 5.92. The zero-order valence-corrected chi connectivity index (χ0v) is 15.8. The van der Waals surface area contributed by atoms with E-state index >= 15 is 0 Å². The lowest BCUT2D eigenvalue weighted by atomic mass is 10.2. The van der Waals surface area contributed by atoms with Crippen LogP contribution in [-0.2, 0) is 14.8 Å². The van der Waals surface area contributed by atoms with Crippen LogP contribution in [-0.4, -0.2) is 27.5 Å². The van der Waals surface area contributed by atoms with E-state index in [0.29, 0.717) is 22.6 Å². The Morgan fingerprint density at radius 3 is 2.42 bits per heavy atom. The van der Waals surface area contributed by atoms with Crippen molar-refractivity contribution in [2.75, 3.05) is 12.4 Å². The molecule has 1 atom stereocenters. The molecular formula is C18H21FN2O4S. The van der Waals surface area contributed by atoms with E-state index in [1.54, 1.807) is 19.9 Å². The van der Waals surface area contributed by atoms with E-state index in [4.69, 9.17) is 4.74 Å². The van der Waals surface area contributed by atoms with Gasteiger partial charge in [-0.1, -0.05) is 6.07 Å². The maximum absolute atomic E-state index is 13.3. The number of rotatable bonds is 6. The average Bonchev–Trinajstić information content (AvgIpc) is 2.57. The number of halogens is 1. The third-order valence-electron chi connectivity index (χ3n) is 3.86. The van der Waals surface area contributed by atoms with E-state index in [9.17, 15) is 17.6 Å². The molecule has 0 unspecified atom stereocenters. The normalized spacial score (nSPS) is 12.5. The summed E-state index contributed by atoms with van der Waals surface area (Å²) >= 11 is 0. The van der Waals surface area contributed by atoms with Crippen molar-refractivity contribution in [3.63, 3.8) is 0 Å². The summed E-state index contributed by atoms with van der Waals surface area (Å²) in [4.78, 5) is 12.3. The molecule has 2 aromatic rings. The summed E-state index contributed by atoms with van der Waals surface area (Å²) in [6.45, 7) is 4.85. The molecule has 0 saturated carbocycles. The molecule has 0 heterocycles. The molecule has 2 aromatic carbocycles. The second-order valence-corrected chi connectivity index (χ2v) is 7.64. The lowest BCUT2D eigenvalue weighted by molar-refractivity contribution is -0.117. The minimum absolute atomic E-state index is 0.0254. The lowest BCUT2D eigenvalue weighted by Gasteiger charge is -2.16. The highest BCUT2D eigenvalue weighted by molar-refractivity contribution is 7.89. The molecule has 8 heteroatoms. The Hall–Kier alpha value is -2.45. The molecule has 6 nitrogen and oxygen atoms in total. The third kappa shape index (κ3) is 4.59. The maximum atomic E-state index is 13.3. The Bertz CT molecular complexity index is 929. The van der Waals surface area contributed by atoms with Crippen LogP contribution in [0.5, 0.6) is 5.75 Å². The predicted octanol–water partition coefficient (Wildman–Crippen LogP) is 2.76. The number of amides is 1. The number of benzene rings is 2. The van der Waals surface area contributed by atoms with Crippen molar-refractivity contribution in [1.29, 1.82) is 0 Å². The van der Waals surface area contributed by atoms with E-state index in [-0.39, 0.29) is 4.90 Å². The fourth-order valence-electron chi connectivity index (χ4n) is 2.34. The highest BCUT2D eigenvalue weighted by Crippen LogP contribution is 2.21. The van der Waals surface area contributed by atoms with Gasteiger partial charge in [0, 0.05) is 5.69 Å². The van der Waals surface area contributed by atoms with Gasteiger partial charge in [0.05, 0.1) is 18.0 Å². The topological polar surface area (TPSA) is 84.5 Å². The van der Waals surface area contributed by atoms with Gasteiger partial charge in [-0.25, -0.2) is 12.8 Å². The molecule has 0 fully saturated rings. The van der Waals surface area contributed by atoms with Gasteiger partial charge in [-0.05, 0) is 62.2 Å². The predicted molar refractivity (Wildman–Crippen MR) is 97.3 cm³/mol. The fourth-order valence-corrected chi connectivity index (χ4v) is 3.63. The van der Waals surface area contributed by atoms with E-state index in [1.807, 2.05) is 0 Å².